The molecule has 2 aromatic carbocycles. The lowest BCUT2D eigenvalue weighted by Gasteiger charge is -2.29. The van der Waals surface area contributed by atoms with Gasteiger partial charge in [-0.25, -0.2) is 0 Å². The molecule has 170 valence electrons. The van der Waals surface area contributed by atoms with Crippen LogP contribution in [-0.2, 0) is 4.79 Å². The standard InChI is InChI=1S/C24H27Cl2N3O3/c1-14-22(24(31)27-19-5-3-4-6-21(19)30)28-29(20-12-9-16(25)13-18(20)26)23(14)15-7-10-17(32-2)11-8-15/h7-14,19,21,23,30H,3-6H2,1-2H3,(H,27,31)/t14-,19+,21+,23+/m0/s1. The van der Waals surface area contributed by atoms with Crippen molar-refractivity contribution >= 4 is 40.5 Å². The molecule has 0 unspecified atom stereocenters. The molecule has 0 spiro atoms. The smallest absolute Gasteiger partial charge is 0.268 e. The number of nitrogens with zero attached hydrogens (tertiary/aromatic N) is 2. The molecule has 6 nitrogen and oxygen atoms in total. The molecule has 8 heteroatoms. The molecule has 0 saturated heterocycles. The third-order valence-corrected chi connectivity index (χ3v) is 6.81. The number of carbonyl (C=O) groups is 1. The summed E-state index contributed by atoms with van der Waals surface area (Å²) in [6.07, 6.45) is 2.92. The Kier molecular flexibility index (Phi) is 6.93. The van der Waals surface area contributed by atoms with Gasteiger partial charge in [0.1, 0.15) is 11.5 Å². The Morgan fingerprint density at radius 3 is 2.53 bits per heavy atom. The van der Waals surface area contributed by atoms with Crippen LogP contribution >= 0.6 is 23.2 Å². The zero-order valence-electron chi connectivity index (χ0n) is 18.1. The van der Waals surface area contributed by atoms with Gasteiger partial charge in [0, 0.05) is 10.9 Å². The summed E-state index contributed by atoms with van der Waals surface area (Å²) in [6, 6.07) is 12.5. The summed E-state index contributed by atoms with van der Waals surface area (Å²) in [5.41, 5.74) is 2.06. The first kappa shape index (κ1) is 22.9. The molecule has 1 saturated carbocycles. The van der Waals surface area contributed by atoms with E-state index in [0.29, 0.717) is 27.9 Å². The van der Waals surface area contributed by atoms with Gasteiger partial charge in [-0.15, -0.1) is 0 Å². The number of halogens is 2. The maximum Gasteiger partial charge on any atom is 0.268 e. The Hall–Kier alpha value is -2.28. The lowest BCUT2D eigenvalue weighted by atomic mass is 9.89. The summed E-state index contributed by atoms with van der Waals surface area (Å²) in [6.45, 7) is 1.98. The van der Waals surface area contributed by atoms with Gasteiger partial charge in [0.2, 0.25) is 0 Å². The molecule has 32 heavy (non-hydrogen) atoms. The number of benzene rings is 2. The molecule has 4 rings (SSSR count). The second-order valence-corrected chi connectivity index (χ2v) is 9.21. The molecule has 1 aliphatic carbocycles. The third kappa shape index (κ3) is 4.58. The van der Waals surface area contributed by atoms with E-state index in [1.165, 1.54) is 0 Å². The van der Waals surface area contributed by atoms with Crippen molar-refractivity contribution in [2.75, 3.05) is 12.1 Å². The molecule has 2 aliphatic rings. The van der Waals surface area contributed by atoms with E-state index in [1.807, 2.05) is 37.3 Å². The number of hydrogen-bond donors (Lipinski definition) is 2. The van der Waals surface area contributed by atoms with E-state index in [1.54, 1.807) is 24.3 Å². The van der Waals surface area contributed by atoms with Gasteiger partial charge in [-0.3, -0.25) is 9.80 Å². The number of hydrazone groups is 1. The Morgan fingerprint density at radius 1 is 1.16 bits per heavy atom. The Balaban J connectivity index is 1.68. The van der Waals surface area contributed by atoms with E-state index in [9.17, 15) is 9.90 Å². The number of hydrogen-bond acceptors (Lipinski definition) is 5. The van der Waals surface area contributed by atoms with Crippen molar-refractivity contribution in [3.63, 3.8) is 0 Å². The Morgan fingerprint density at radius 2 is 1.88 bits per heavy atom. The number of aliphatic hydroxyl groups is 1. The summed E-state index contributed by atoms with van der Waals surface area (Å²) in [5.74, 6) is 0.283. The van der Waals surface area contributed by atoms with Crippen LogP contribution in [0.4, 0.5) is 5.69 Å². The Labute approximate surface area is 198 Å². The highest BCUT2D eigenvalue weighted by atomic mass is 35.5. The number of ether oxygens (including phenoxy) is 1. The first-order valence-corrected chi connectivity index (χ1v) is 11.6. The first-order valence-electron chi connectivity index (χ1n) is 10.8. The maximum absolute atomic E-state index is 13.2. The van der Waals surface area contributed by atoms with Crippen LogP contribution in [0, 0.1) is 5.92 Å². The van der Waals surface area contributed by atoms with Crippen molar-refractivity contribution in [3.8, 4) is 5.75 Å². The minimum Gasteiger partial charge on any atom is -0.497 e. The summed E-state index contributed by atoms with van der Waals surface area (Å²) < 4.78 is 5.29. The second kappa shape index (κ2) is 9.69. The van der Waals surface area contributed by atoms with Gasteiger partial charge >= 0.3 is 0 Å². The minimum atomic E-state index is -0.524. The fourth-order valence-corrected chi connectivity index (χ4v) is 5.00. The van der Waals surface area contributed by atoms with Crippen LogP contribution < -0.4 is 15.1 Å². The van der Waals surface area contributed by atoms with Gasteiger partial charge in [-0.1, -0.05) is 55.1 Å². The zero-order chi connectivity index (χ0) is 22.8. The molecule has 0 aromatic heterocycles. The maximum atomic E-state index is 13.2. The van der Waals surface area contributed by atoms with E-state index < -0.39 is 6.10 Å². The normalized spacial score (nSPS) is 25.4. The van der Waals surface area contributed by atoms with Crippen molar-refractivity contribution in [2.24, 2.45) is 11.0 Å². The number of methoxy groups -OCH3 is 1. The minimum absolute atomic E-state index is 0.212. The highest BCUT2D eigenvalue weighted by Crippen LogP contribution is 2.42. The van der Waals surface area contributed by atoms with Crippen molar-refractivity contribution in [1.82, 2.24) is 5.32 Å². The molecule has 2 N–H and O–H groups in total. The summed E-state index contributed by atoms with van der Waals surface area (Å²) >= 11 is 12.6. The molecule has 1 heterocycles. The number of nitrogens with one attached hydrogen (secondary N) is 1. The van der Waals surface area contributed by atoms with Crippen molar-refractivity contribution in [3.05, 3.63) is 58.1 Å². The molecule has 1 aliphatic heterocycles. The predicted octanol–water partition coefficient (Wildman–Crippen LogP) is 4.98. The van der Waals surface area contributed by atoms with Crippen LogP contribution in [-0.4, -0.2) is 36.0 Å². The molecule has 4 atom stereocenters. The third-order valence-electron chi connectivity index (χ3n) is 6.28. The number of amides is 1. The predicted molar refractivity (Wildman–Crippen MR) is 128 cm³/mol. The van der Waals surface area contributed by atoms with Crippen LogP contribution in [0.15, 0.2) is 47.6 Å². The number of aliphatic hydroxyl groups excluding tert-OH is 1. The zero-order valence-corrected chi connectivity index (χ0v) is 19.6. The van der Waals surface area contributed by atoms with Gasteiger partial charge in [-0.05, 0) is 48.7 Å². The van der Waals surface area contributed by atoms with Crippen LogP contribution in [0.5, 0.6) is 5.75 Å². The largest absolute Gasteiger partial charge is 0.497 e. The van der Waals surface area contributed by atoms with Gasteiger partial charge in [0.05, 0.1) is 36.0 Å². The SMILES string of the molecule is COc1ccc([C@H]2[C@@H](C)C(C(=O)N[C@@H]3CCCC[C@H]3O)=NN2c2ccc(Cl)cc2Cl)cc1. The average Bonchev–Trinajstić information content (AvgIpc) is 3.12. The van der Waals surface area contributed by atoms with Crippen molar-refractivity contribution in [1.29, 1.82) is 0 Å². The lowest BCUT2D eigenvalue weighted by molar-refractivity contribution is -0.116. The number of anilines is 1. The lowest BCUT2D eigenvalue weighted by Crippen LogP contribution is -2.48. The van der Waals surface area contributed by atoms with E-state index in [2.05, 4.69) is 5.32 Å². The number of rotatable bonds is 5. The monoisotopic (exact) mass is 475 g/mol. The van der Waals surface area contributed by atoms with Gasteiger partial charge in [0.25, 0.3) is 5.91 Å². The first-order chi connectivity index (χ1) is 15.4. The number of carbonyl (C=O) groups excluding carboxylic acids is 1. The van der Waals surface area contributed by atoms with Crippen LogP contribution in [0.2, 0.25) is 10.0 Å². The van der Waals surface area contributed by atoms with E-state index in [0.717, 1.165) is 30.6 Å². The Bertz CT molecular complexity index is 1010. The molecule has 0 bridgehead atoms. The summed E-state index contributed by atoms with van der Waals surface area (Å²) in [5, 5.41) is 20.8. The summed E-state index contributed by atoms with van der Waals surface area (Å²) in [4.78, 5) is 13.2. The molecule has 1 fully saturated rings. The van der Waals surface area contributed by atoms with Crippen LogP contribution in [0.3, 0.4) is 0 Å². The quantitative estimate of drug-likeness (QED) is 0.639. The average molecular weight is 476 g/mol. The van der Waals surface area contributed by atoms with E-state index in [-0.39, 0.29) is 23.9 Å². The fourth-order valence-electron chi connectivity index (χ4n) is 4.51. The molecular weight excluding hydrogens is 449 g/mol. The topological polar surface area (TPSA) is 74.2 Å². The van der Waals surface area contributed by atoms with E-state index in [4.69, 9.17) is 33.0 Å². The fraction of sp³-hybridized carbons (Fsp3) is 0.417. The van der Waals surface area contributed by atoms with Gasteiger partial charge in [-0.2, -0.15) is 5.10 Å². The molecule has 2 aromatic rings. The van der Waals surface area contributed by atoms with Gasteiger partial charge < -0.3 is 15.2 Å². The summed E-state index contributed by atoms with van der Waals surface area (Å²) in [7, 11) is 1.62. The highest BCUT2D eigenvalue weighted by Gasteiger charge is 2.41. The van der Waals surface area contributed by atoms with Crippen molar-refractivity contribution in [2.45, 2.75) is 50.8 Å². The van der Waals surface area contributed by atoms with Crippen molar-refractivity contribution < 1.29 is 14.6 Å². The molecule has 1 amide bonds. The van der Waals surface area contributed by atoms with E-state index >= 15 is 0 Å². The molecular formula is C24H27Cl2N3O3. The van der Waals surface area contributed by atoms with Gasteiger partial charge in [0.15, 0.2) is 0 Å². The second-order valence-electron chi connectivity index (χ2n) is 8.36. The highest BCUT2D eigenvalue weighted by molar-refractivity contribution is 6.41. The van der Waals surface area contributed by atoms with Crippen LogP contribution in [0.1, 0.15) is 44.2 Å². The molecule has 0 radical (unpaired) electrons. The van der Waals surface area contributed by atoms with Crippen LogP contribution in [0.25, 0.3) is 0 Å².